The van der Waals surface area contributed by atoms with Crippen LogP contribution in [0.3, 0.4) is 0 Å². The Labute approximate surface area is 234 Å². The maximum Gasteiger partial charge on any atom is 0.124 e. The van der Waals surface area contributed by atoms with E-state index in [-0.39, 0.29) is 0 Å². The molecule has 0 aliphatic carbocycles. The van der Waals surface area contributed by atoms with Gasteiger partial charge in [-0.3, -0.25) is 9.97 Å². The van der Waals surface area contributed by atoms with E-state index in [2.05, 4.69) is 106 Å². The highest BCUT2D eigenvalue weighted by molar-refractivity contribution is 7.21. The molecule has 0 aliphatic heterocycles. The quantitative estimate of drug-likeness (QED) is 0.228. The minimum Gasteiger partial charge on any atom is -0.309 e. The van der Waals surface area contributed by atoms with Crippen LogP contribution in [-0.2, 0) is 0 Å². The number of para-hydroxylation sites is 1. The molecule has 0 bridgehead atoms. The SMILES string of the molecule is c1ccc(-c2cccc(-n3c4ccccc4c4ccc(-c5nc6ccc(-c7ccncc7)cc6s5)cc43)c2)nc1. The van der Waals surface area contributed by atoms with Gasteiger partial charge in [-0.15, -0.1) is 11.3 Å². The molecule has 8 aromatic rings. The first-order valence-electron chi connectivity index (χ1n) is 13.2. The first-order chi connectivity index (χ1) is 19.8. The number of hydrogen-bond acceptors (Lipinski definition) is 4. The average molecular weight is 531 g/mol. The summed E-state index contributed by atoms with van der Waals surface area (Å²) in [6, 6.07) is 40.5. The summed E-state index contributed by atoms with van der Waals surface area (Å²) in [5.74, 6) is 0. The van der Waals surface area contributed by atoms with Crippen LogP contribution in [0.2, 0.25) is 0 Å². The summed E-state index contributed by atoms with van der Waals surface area (Å²) in [4.78, 5) is 13.8. The molecule has 4 aromatic heterocycles. The molecule has 0 aliphatic rings. The smallest absolute Gasteiger partial charge is 0.124 e. The summed E-state index contributed by atoms with van der Waals surface area (Å²) in [7, 11) is 0. The van der Waals surface area contributed by atoms with Crippen LogP contribution in [-0.4, -0.2) is 19.5 Å². The number of pyridine rings is 2. The van der Waals surface area contributed by atoms with Gasteiger partial charge < -0.3 is 4.57 Å². The van der Waals surface area contributed by atoms with E-state index in [1.807, 2.05) is 42.9 Å². The topological polar surface area (TPSA) is 43.6 Å². The van der Waals surface area contributed by atoms with E-state index in [9.17, 15) is 0 Å². The Balaban J connectivity index is 1.29. The summed E-state index contributed by atoms with van der Waals surface area (Å²) >= 11 is 1.73. The first kappa shape index (κ1) is 22.8. The highest BCUT2D eigenvalue weighted by Gasteiger charge is 2.15. The molecular weight excluding hydrogens is 508 g/mol. The predicted octanol–water partition coefficient (Wildman–Crippen LogP) is 9.18. The molecular formula is C35H22N4S. The van der Waals surface area contributed by atoms with Crippen LogP contribution in [0.4, 0.5) is 0 Å². The van der Waals surface area contributed by atoms with Crippen molar-refractivity contribution in [3.63, 3.8) is 0 Å². The number of fused-ring (bicyclic) bond motifs is 4. The van der Waals surface area contributed by atoms with Crippen LogP contribution >= 0.6 is 11.3 Å². The lowest BCUT2D eigenvalue weighted by Crippen LogP contribution is -1.95. The lowest BCUT2D eigenvalue weighted by molar-refractivity contribution is 1.18. The molecule has 188 valence electrons. The molecule has 8 rings (SSSR count). The van der Waals surface area contributed by atoms with Gasteiger partial charge in [-0.25, -0.2) is 4.98 Å². The third-order valence-corrected chi connectivity index (χ3v) is 8.46. The number of thiazole rings is 1. The zero-order chi connectivity index (χ0) is 26.5. The summed E-state index contributed by atoms with van der Waals surface area (Å²) in [5, 5.41) is 3.48. The molecule has 0 saturated carbocycles. The maximum atomic E-state index is 5.02. The van der Waals surface area contributed by atoms with Crippen molar-refractivity contribution in [2.45, 2.75) is 0 Å². The fraction of sp³-hybridized carbons (Fsp3) is 0. The van der Waals surface area contributed by atoms with Crippen molar-refractivity contribution in [1.82, 2.24) is 19.5 Å². The second-order valence-electron chi connectivity index (χ2n) is 9.79. The lowest BCUT2D eigenvalue weighted by atomic mass is 10.1. The maximum absolute atomic E-state index is 5.02. The van der Waals surface area contributed by atoms with Gasteiger partial charge in [-0.2, -0.15) is 0 Å². The van der Waals surface area contributed by atoms with Crippen molar-refractivity contribution in [2.24, 2.45) is 0 Å². The van der Waals surface area contributed by atoms with Gasteiger partial charge in [0.2, 0.25) is 0 Å². The molecule has 40 heavy (non-hydrogen) atoms. The zero-order valence-corrected chi connectivity index (χ0v) is 22.2. The van der Waals surface area contributed by atoms with Gasteiger partial charge in [-0.1, -0.05) is 54.6 Å². The van der Waals surface area contributed by atoms with Gasteiger partial charge in [0, 0.05) is 46.2 Å². The Hall–Kier alpha value is -5.13. The molecule has 0 saturated heterocycles. The van der Waals surface area contributed by atoms with Gasteiger partial charge in [0.1, 0.15) is 5.01 Å². The second kappa shape index (κ2) is 9.26. The molecule has 4 nitrogen and oxygen atoms in total. The molecule has 5 heteroatoms. The van der Waals surface area contributed by atoms with E-state index >= 15 is 0 Å². The van der Waals surface area contributed by atoms with Crippen LogP contribution in [0.25, 0.3) is 70.7 Å². The van der Waals surface area contributed by atoms with Crippen molar-refractivity contribution in [2.75, 3.05) is 0 Å². The molecule has 0 atom stereocenters. The van der Waals surface area contributed by atoms with Crippen LogP contribution in [0.1, 0.15) is 0 Å². The third kappa shape index (κ3) is 3.79. The zero-order valence-electron chi connectivity index (χ0n) is 21.4. The van der Waals surface area contributed by atoms with Crippen molar-refractivity contribution >= 4 is 43.4 Å². The molecule has 4 aromatic carbocycles. The van der Waals surface area contributed by atoms with Gasteiger partial charge in [0.15, 0.2) is 0 Å². The largest absolute Gasteiger partial charge is 0.309 e. The van der Waals surface area contributed by atoms with Gasteiger partial charge in [0.05, 0.1) is 26.9 Å². The molecule has 0 unspecified atom stereocenters. The minimum atomic E-state index is 0.964. The molecule has 0 fully saturated rings. The third-order valence-electron chi connectivity index (χ3n) is 7.39. The van der Waals surface area contributed by atoms with E-state index in [0.29, 0.717) is 0 Å². The Bertz CT molecular complexity index is 2160. The van der Waals surface area contributed by atoms with E-state index in [1.54, 1.807) is 11.3 Å². The Morgan fingerprint density at radius 2 is 1.40 bits per heavy atom. The highest BCUT2D eigenvalue weighted by Crippen LogP contribution is 2.38. The number of nitrogens with zero attached hydrogens (tertiary/aromatic N) is 4. The van der Waals surface area contributed by atoms with E-state index in [1.165, 1.54) is 26.6 Å². The predicted molar refractivity (Wildman–Crippen MR) is 166 cm³/mol. The summed E-state index contributed by atoms with van der Waals surface area (Å²) < 4.78 is 3.53. The first-order valence-corrected chi connectivity index (χ1v) is 14.0. The summed E-state index contributed by atoms with van der Waals surface area (Å²) in [5.41, 5.74) is 9.97. The number of hydrogen-bond donors (Lipinski definition) is 0. The normalized spacial score (nSPS) is 11.5. The van der Waals surface area contributed by atoms with Crippen molar-refractivity contribution < 1.29 is 0 Å². The lowest BCUT2D eigenvalue weighted by Gasteiger charge is -2.10. The van der Waals surface area contributed by atoms with E-state index in [4.69, 9.17) is 4.98 Å². The molecule has 0 N–H and O–H groups in total. The fourth-order valence-electron chi connectivity index (χ4n) is 5.49. The fourth-order valence-corrected chi connectivity index (χ4v) is 6.49. The Morgan fingerprint density at radius 3 is 2.30 bits per heavy atom. The molecule has 0 amide bonds. The van der Waals surface area contributed by atoms with Crippen molar-refractivity contribution in [3.05, 3.63) is 134 Å². The number of rotatable bonds is 4. The van der Waals surface area contributed by atoms with Crippen molar-refractivity contribution in [3.8, 4) is 38.6 Å². The second-order valence-corrected chi connectivity index (χ2v) is 10.8. The Morgan fingerprint density at radius 1 is 0.550 bits per heavy atom. The standard InChI is InChI=1S/C35H22N4S/c1-2-10-32-28(8-1)29-13-11-26(35-38-31-14-12-24(22-34(31)40-35)23-15-18-36-19-16-23)21-33(29)39(32)27-7-5-6-25(20-27)30-9-3-4-17-37-30/h1-22H. The number of aromatic nitrogens is 4. The monoisotopic (exact) mass is 530 g/mol. The van der Waals surface area contributed by atoms with Crippen LogP contribution < -0.4 is 0 Å². The number of benzene rings is 4. The molecule has 0 radical (unpaired) electrons. The summed E-state index contributed by atoms with van der Waals surface area (Å²) in [6.45, 7) is 0. The van der Waals surface area contributed by atoms with Gasteiger partial charge in [-0.05, 0) is 71.8 Å². The van der Waals surface area contributed by atoms with Gasteiger partial charge >= 0.3 is 0 Å². The van der Waals surface area contributed by atoms with E-state index < -0.39 is 0 Å². The van der Waals surface area contributed by atoms with E-state index in [0.717, 1.165) is 44.1 Å². The average Bonchev–Trinajstić information content (AvgIpc) is 3.60. The molecule has 4 heterocycles. The van der Waals surface area contributed by atoms with Crippen LogP contribution in [0, 0.1) is 0 Å². The summed E-state index contributed by atoms with van der Waals surface area (Å²) in [6.07, 6.45) is 5.50. The van der Waals surface area contributed by atoms with Gasteiger partial charge in [0.25, 0.3) is 0 Å². The highest BCUT2D eigenvalue weighted by atomic mass is 32.1. The van der Waals surface area contributed by atoms with Crippen molar-refractivity contribution in [1.29, 1.82) is 0 Å². The molecule has 0 spiro atoms. The van der Waals surface area contributed by atoms with Crippen LogP contribution in [0.5, 0.6) is 0 Å². The van der Waals surface area contributed by atoms with Crippen LogP contribution in [0.15, 0.2) is 134 Å². The Kier molecular flexibility index (Phi) is 5.28. The minimum absolute atomic E-state index is 0.964.